The van der Waals surface area contributed by atoms with Crippen molar-refractivity contribution >= 4 is 23.7 Å². The Hall–Kier alpha value is -2.61. The van der Waals surface area contributed by atoms with E-state index in [0.29, 0.717) is 17.0 Å². The quantitative estimate of drug-likeness (QED) is 0.597. The number of carbonyl (C=O) groups is 2. The van der Waals surface area contributed by atoms with Gasteiger partial charge in [-0.15, -0.1) is 0 Å². The summed E-state index contributed by atoms with van der Waals surface area (Å²) < 4.78 is 11.9. The number of aryl methyl sites for hydroxylation is 1. The molecule has 0 fully saturated rings. The number of halogens is 1. The van der Waals surface area contributed by atoms with Gasteiger partial charge in [0.05, 0.1) is 12.8 Å². The highest BCUT2D eigenvalue weighted by Gasteiger charge is 2.22. The summed E-state index contributed by atoms with van der Waals surface area (Å²) in [6.45, 7) is 9.36. The molecule has 9 heteroatoms. The van der Waals surface area contributed by atoms with Crippen molar-refractivity contribution in [3.63, 3.8) is 0 Å². The monoisotopic (exact) mass is 408 g/mol. The maximum atomic E-state index is 12.2. The summed E-state index contributed by atoms with van der Waals surface area (Å²) in [6, 6.07) is 1.44. The van der Waals surface area contributed by atoms with Crippen molar-refractivity contribution in [3.05, 3.63) is 35.0 Å². The van der Waals surface area contributed by atoms with Gasteiger partial charge in [0, 0.05) is 30.5 Å². The van der Waals surface area contributed by atoms with Crippen LogP contribution >= 0.6 is 11.6 Å². The number of ether oxygens (including phenoxy) is 2. The number of esters is 1. The zero-order valence-electron chi connectivity index (χ0n) is 16.9. The van der Waals surface area contributed by atoms with Gasteiger partial charge in [-0.05, 0) is 57.8 Å². The van der Waals surface area contributed by atoms with Crippen LogP contribution in [0.3, 0.4) is 0 Å². The highest BCUT2D eigenvalue weighted by Crippen LogP contribution is 2.27. The van der Waals surface area contributed by atoms with E-state index >= 15 is 0 Å². The second-order valence-electron chi connectivity index (χ2n) is 7.42. The minimum absolute atomic E-state index is 0.118. The standard InChI is InChI=1S/C19H25ClN4O4/c1-11-8-21-17(20)23-15(11)13-7-14(16(25)27-6)24(10-13)12(2)9-22-18(26)28-19(3,4)5/h7-8,10,12H,9H2,1-6H3,(H,22,26). The molecule has 1 unspecified atom stereocenters. The van der Waals surface area contributed by atoms with Crippen LogP contribution in [-0.2, 0) is 9.47 Å². The number of nitrogens with one attached hydrogen (secondary N) is 1. The fourth-order valence-corrected chi connectivity index (χ4v) is 2.73. The second kappa shape index (κ2) is 8.60. The zero-order valence-corrected chi connectivity index (χ0v) is 17.6. The van der Waals surface area contributed by atoms with E-state index in [1.807, 2.05) is 13.8 Å². The molecule has 0 aliphatic carbocycles. The number of hydrogen-bond donors (Lipinski definition) is 1. The lowest BCUT2D eigenvalue weighted by atomic mass is 10.1. The highest BCUT2D eigenvalue weighted by molar-refractivity contribution is 6.28. The van der Waals surface area contributed by atoms with E-state index in [-0.39, 0.29) is 17.9 Å². The Morgan fingerprint density at radius 1 is 1.36 bits per heavy atom. The van der Waals surface area contributed by atoms with Crippen LogP contribution in [0.5, 0.6) is 0 Å². The number of amides is 1. The Morgan fingerprint density at radius 2 is 2.04 bits per heavy atom. The number of aromatic nitrogens is 3. The van der Waals surface area contributed by atoms with Crippen molar-refractivity contribution < 1.29 is 19.1 Å². The van der Waals surface area contributed by atoms with Crippen LogP contribution in [0, 0.1) is 6.92 Å². The van der Waals surface area contributed by atoms with E-state index < -0.39 is 17.7 Å². The van der Waals surface area contributed by atoms with Crippen LogP contribution in [0.4, 0.5) is 4.79 Å². The third kappa shape index (κ3) is 5.45. The first-order valence-electron chi connectivity index (χ1n) is 8.78. The summed E-state index contributed by atoms with van der Waals surface area (Å²) in [7, 11) is 1.32. The molecule has 2 aromatic rings. The van der Waals surface area contributed by atoms with E-state index in [9.17, 15) is 9.59 Å². The van der Waals surface area contributed by atoms with Gasteiger partial charge in [-0.2, -0.15) is 0 Å². The van der Waals surface area contributed by atoms with E-state index in [1.54, 1.807) is 43.8 Å². The molecule has 0 aliphatic heterocycles. The molecule has 1 N–H and O–H groups in total. The SMILES string of the molecule is COC(=O)c1cc(-c2nc(Cl)ncc2C)cn1C(C)CNC(=O)OC(C)(C)C. The summed E-state index contributed by atoms with van der Waals surface area (Å²) >= 11 is 5.92. The molecule has 28 heavy (non-hydrogen) atoms. The predicted octanol–water partition coefficient (Wildman–Crippen LogP) is 3.78. The topological polar surface area (TPSA) is 95.3 Å². The van der Waals surface area contributed by atoms with Crippen molar-refractivity contribution in [2.45, 2.75) is 46.3 Å². The minimum Gasteiger partial charge on any atom is -0.464 e. The molecule has 0 saturated heterocycles. The molecule has 0 spiro atoms. The molecule has 2 rings (SSSR count). The first kappa shape index (κ1) is 21.7. The maximum absolute atomic E-state index is 12.2. The van der Waals surface area contributed by atoms with E-state index in [2.05, 4.69) is 15.3 Å². The number of nitrogens with zero attached hydrogens (tertiary/aromatic N) is 3. The molecule has 2 heterocycles. The third-order valence-electron chi connectivity index (χ3n) is 3.87. The highest BCUT2D eigenvalue weighted by atomic mass is 35.5. The number of methoxy groups -OCH3 is 1. The van der Waals surface area contributed by atoms with Crippen molar-refractivity contribution in [3.8, 4) is 11.3 Å². The Balaban J connectivity index is 2.29. The fraction of sp³-hybridized carbons (Fsp3) is 0.474. The summed E-state index contributed by atoms with van der Waals surface area (Å²) in [5, 5.41) is 2.83. The number of carbonyl (C=O) groups excluding carboxylic acids is 2. The molecule has 8 nitrogen and oxygen atoms in total. The zero-order chi connectivity index (χ0) is 21.1. The average molecular weight is 409 g/mol. The lowest BCUT2D eigenvalue weighted by Gasteiger charge is -2.22. The molecule has 0 aromatic carbocycles. The molecular weight excluding hydrogens is 384 g/mol. The Morgan fingerprint density at radius 3 is 2.64 bits per heavy atom. The third-order valence-corrected chi connectivity index (χ3v) is 4.06. The second-order valence-corrected chi connectivity index (χ2v) is 7.75. The van der Waals surface area contributed by atoms with Gasteiger partial charge in [-0.25, -0.2) is 19.6 Å². The van der Waals surface area contributed by atoms with Gasteiger partial charge in [0.1, 0.15) is 11.3 Å². The van der Waals surface area contributed by atoms with Crippen LogP contribution in [0.25, 0.3) is 11.3 Å². The Kier molecular flexibility index (Phi) is 6.66. The van der Waals surface area contributed by atoms with Crippen LogP contribution in [0.1, 0.15) is 49.8 Å². The lowest BCUT2D eigenvalue weighted by molar-refractivity contribution is 0.0521. The minimum atomic E-state index is -0.588. The van der Waals surface area contributed by atoms with Gasteiger partial charge in [-0.3, -0.25) is 0 Å². The summed E-state index contributed by atoms with van der Waals surface area (Å²) in [5.41, 5.74) is 1.89. The summed E-state index contributed by atoms with van der Waals surface area (Å²) in [6.07, 6.45) is 2.87. The lowest BCUT2D eigenvalue weighted by Crippen LogP contribution is -2.35. The molecule has 2 aromatic heterocycles. The normalized spacial score (nSPS) is 12.4. The average Bonchev–Trinajstić information content (AvgIpc) is 3.04. The van der Waals surface area contributed by atoms with E-state index in [0.717, 1.165) is 5.56 Å². The number of hydrogen-bond acceptors (Lipinski definition) is 6. The van der Waals surface area contributed by atoms with Crippen LogP contribution < -0.4 is 5.32 Å². The van der Waals surface area contributed by atoms with Gasteiger partial charge in [0.15, 0.2) is 0 Å². The van der Waals surface area contributed by atoms with Crippen LogP contribution in [-0.4, -0.2) is 45.9 Å². The molecule has 0 aliphatic rings. The Bertz CT molecular complexity index is 873. The molecule has 152 valence electrons. The van der Waals surface area contributed by atoms with Crippen molar-refractivity contribution in [2.75, 3.05) is 13.7 Å². The van der Waals surface area contributed by atoms with Gasteiger partial charge < -0.3 is 19.4 Å². The van der Waals surface area contributed by atoms with Crippen molar-refractivity contribution in [1.29, 1.82) is 0 Å². The molecule has 0 bridgehead atoms. The summed E-state index contributed by atoms with van der Waals surface area (Å²) in [5.74, 6) is -0.492. The van der Waals surface area contributed by atoms with E-state index in [1.165, 1.54) is 7.11 Å². The van der Waals surface area contributed by atoms with E-state index in [4.69, 9.17) is 21.1 Å². The molecule has 1 amide bonds. The first-order valence-corrected chi connectivity index (χ1v) is 9.16. The number of rotatable bonds is 5. The van der Waals surface area contributed by atoms with Gasteiger partial charge >= 0.3 is 12.1 Å². The van der Waals surface area contributed by atoms with Crippen molar-refractivity contribution in [1.82, 2.24) is 19.9 Å². The van der Waals surface area contributed by atoms with Gasteiger partial charge in [0.2, 0.25) is 5.28 Å². The Labute approximate surface area is 169 Å². The molecule has 0 saturated carbocycles. The first-order chi connectivity index (χ1) is 13.0. The van der Waals surface area contributed by atoms with Crippen LogP contribution in [0.2, 0.25) is 5.28 Å². The van der Waals surface area contributed by atoms with Gasteiger partial charge in [0.25, 0.3) is 0 Å². The smallest absolute Gasteiger partial charge is 0.407 e. The van der Waals surface area contributed by atoms with Gasteiger partial charge in [-0.1, -0.05) is 0 Å². The maximum Gasteiger partial charge on any atom is 0.407 e. The molecule has 0 radical (unpaired) electrons. The predicted molar refractivity (Wildman–Crippen MR) is 105 cm³/mol. The largest absolute Gasteiger partial charge is 0.464 e. The number of alkyl carbamates (subject to hydrolysis) is 1. The molecular formula is C19H25ClN4O4. The van der Waals surface area contributed by atoms with Crippen LogP contribution in [0.15, 0.2) is 18.5 Å². The van der Waals surface area contributed by atoms with Crippen molar-refractivity contribution in [2.24, 2.45) is 0 Å². The fourth-order valence-electron chi connectivity index (χ4n) is 2.60. The summed E-state index contributed by atoms with van der Waals surface area (Å²) in [4.78, 5) is 32.4. The molecule has 1 atom stereocenters.